The number of aryl methyl sites for hydroxylation is 1. The summed E-state index contributed by atoms with van der Waals surface area (Å²) in [5.41, 5.74) is 0.970. The zero-order valence-electron chi connectivity index (χ0n) is 11.3. The van der Waals surface area contributed by atoms with Gasteiger partial charge in [0.05, 0.1) is 5.56 Å². The summed E-state index contributed by atoms with van der Waals surface area (Å²) in [5, 5.41) is 12.5. The van der Waals surface area contributed by atoms with Gasteiger partial charge < -0.3 is 5.32 Å². The van der Waals surface area contributed by atoms with Crippen LogP contribution in [-0.4, -0.2) is 38.9 Å². The average Bonchev–Trinajstić information content (AvgIpc) is 2.99. The molecule has 3 rings (SSSR count). The molecule has 1 aromatic carbocycles. The van der Waals surface area contributed by atoms with Gasteiger partial charge in [-0.2, -0.15) is 9.57 Å². The van der Waals surface area contributed by atoms with Gasteiger partial charge in [0.25, 0.3) is 0 Å². The molecule has 1 N–H and O–H groups in total. The highest BCUT2D eigenvalue weighted by Crippen LogP contribution is 2.32. The second kappa shape index (κ2) is 4.85. The molecule has 0 amide bonds. The van der Waals surface area contributed by atoms with E-state index < -0.39 is 10.0 Å². The first-order valence-corrected chi connectivity index (χ1v) is 8.18. The van der Waals surface area contributed by atoms with Gasteiger partial charge in [0, 0.05) is 13.1 Å². The van der Waals surface area contributed by atoms with Crippen LogP contribution in [0.2, 0.25) is 0 Å². The Balaban J connectivity index is 1.98. The number of fused-ring (bicyclic) bond motifs is 1. The number of nitrogens with one attached hydrogen (secondary N) is 1. The maximum Gasteiger partial charge on any atom is 0.244 e. The monoisotopic (exact) mass is 291 g/mol. The summed E-state index contributed by atoms with van der Waals surface area (Å²) in [6, 6.07) is 7.02. The number of rotatable bonds is 2. The van der Waals surface area contributed by atoms with Crippen LogP contribution in [0.4, 0.5) is 0 Å². The molecule has 20 heavy (non-hydrogen) atoms. The van der Waals surface area contributed by atoms with Gasteiger partial charge in [0.1, 0.15) is 11.0 Å². The minimum Gasteiger partial charge on any atom is -0.316 e. The average molecular weight is 291 g/mol. The third kappa shape index (κ3) is 2.03. The standard InChI is InChI=1S/C14H17N3O2S/c1-10-3-2-4-14(13(10)5-15)20(18,19)17-8-11-6-16-7-12(11)9-17/h2-4,11-12,16H,6-9H2,1H3/t11-,12+. The van der Waals surface area contributed by atoms with Crippen LogP contribution in [0.25, 0.3) is 0 Å². The fourth-order valence-corrected chi connectivity index (χ4v) is 4.92. The van der Waals surface area contributed by atoms with Crippen LogP contribution in [0.15, 0.2) is 23.1 Å². The number of benzene rings is 1. The van der Waals surface area contributed by atoms with Gasteiger partial charge in [0.2, 0.25) is 10.0 Å². The molecular formula is C14H17N3O2S. The van der Waals surface area contributed by atoms with Crippen LogP contribution in [0, 0.1) is 30.1 Å². The number of nitrogens with zero attached hydrogens (tertiary/aromatic N) is 2. The lowest BCUT2D eigenvalue weighted by atomic mass is 10.0. The van der Waals surface area contributed by atoms with Crippen molar-refractivity contribution in [1.29, 1.82) is 5.26 Å². The molecule has 5 nitrogen and oxygen atoms in total. The quantitative estimate of drug-likeness (QED) is 0.871. The fraction of sp³-hybridized carbons (Fsp3) is 0.500. The molecule has 0 aromatic heterocycles. The molecule has 0 unspecified atom stereocenters. The van der Waals surface area contributed by atoms with Gasteiger partial charge in [-0.15, -0.1) is 0 Å². The Labute approximate surface area is 119 Å². The van der Waals surface area contributed by atoms with E-state index in [2.05, 4.69) is 5.32 Å². The van der Waals surface area contributed by atoms with Crippen LogP contribution < -0.4 is 5.32 Å². The molecule has 6 heteroatoms. The van der Waals surface area contributed by atoms with E-state index in [1.165, 1.54) is 6.07 Å². The zero-order valence-corrected chi connectivity index (χ0v) is 12.2. The molecular weight excluding hydrogens is 274 g/mol. The minimum absolute atomic E-state index is 0.146. The van der Waals surface area contributed by atoms with Crippen molar-refractivity contribution in [3.05, 3.63) is 29.3 Å². The van der Waals surface area contributed by atoms with Crippen LogP contribution in [0.1, 0.15) is 11.1 Å². The SMILES string of the molecule is Cc1cccc(S(=O)(=O)N2C[C@H]3CNC[C@H]3C2)c1C#N. The summed E-state index contributed by atoms with van der Waals surface area (Å²) in [4.78, 5) is 0.146. The Bertz CT molecular complexity index is 666. The van der Waals surface area contributed by atoms with E-state index in [0.717, 1.165) is 13.1 Å². The van der Waals surface area contributed by atoms with Crippen molar-refractivity contribution in [2.45, 2.75) is 11.8 Å². The van der Waals surface area contributed by atoms with Crippen molar-refractivity contribution in [2.24, 2.45) is 11.8 Å². The highest BCUT2D eigenvalue weighted by atomic mass is 32.2. The molecule has 0 saturated carbocycles. The van der Waals surface area contributed by atoms with E-state index in [9.17, 15) is 13.7 Å². The first-order valence-electron chi connectivity index (χ1n) is 6.74. The predicted molar refractivity (Wildman–Crippen MR) is 74.5 cm³/mol. The number of hydrogen-bond donors (Lipinski definition) is 1. The molecule has 0 bridgehead atoms. The second-order valence-electron chi connectivity index (χ2n) is 5.56. The highest BCUT2D eigenvalue weighted by Gasteiger charge is 2.42. The molecule has 2 aliphatic heterocycles. The Kier molecular flexibility index (Phi) is 3.28. The van der Waals surface area contributed by atoms with Crippen molar-refractivity contribution >= 4 is 10.0 Å². The number of sulfonamides is 1. The van der Waals surface area contributed by atoms with Crippen molar-refractivity contribution < 1.29 is 8.42 Å². The van der Waals surface area contributed by atoms with E-state index in [-0.39, 0.29) is 10.5 Å². The normalized spacial score (nSPS) is 26.4. The van der Waals surface area contributed by atoms with E-state index in [4.69, 9.17) is 0 Å². The third-order valence-electron chi connectivity index (χ3n) is 4.32. The van der Waals surface area contributed by atoms with Crippen LogP contribution >= 0.6 is 0 Å². The fourth-order valence-electron chi connectivity index (χ4n) is 3.15. The van der Waals surface area contributed by atoms with Gasteiger partial charge in [-0.05, 0) is 43.5 Å². The smallest absolute Gasteiger partial charge is 0.244 e. The summed E-state index contributed by atoms with van der Waals surface area (Å²) in [7, 11) is -3.56. The van der Waals surface area contributed by atoms with Gasteiger partial charge in [-0.1, -0.05) is 12.1 Å². The Hall–Kier alpha value is -1.42. The first kappa shape index (κ1) is 13.6. The number of nitriles is 1. The Morgan fingerprint density at radius 2 is 1.95 bits per heavy atom. The molecule has 2 heterocycles. The van der Waals surface area contributed by atoms with Gasteiger partial charge in [-0.3, -0.25) is 0 Å². The van der Waals surface area contributed by atoms with Crippen molar-refractivity contribution in [3.63, 3.8) is 0 Å². The topological polar surface area (TPSA) is 73.2 Å². The lowest BCUT2D eigenvalue weighted by Gasteiger charge is -2.18. The Morgan fingerprint density at radius 3 is 2.55 bits per heavy atom. The molecule has 2 fully saturated rings. The highest BCUT2D eigenvalue weighted by molar-refractivity contribution is 7.89. The molecule has 2 aliphatic rings. The molecule has 1 aromatic rings. The summed E-state index contributed by atoms with van der Waals surface area (Å²) in [6.07, 6.45) is 0. The van der Waals surface area contributed by atoms with Gasteiger partial charge in [-0.25, -0.2) is 8.42 Å². The van der Waals surface area contributed by atoms with Gasteiger partial charge in [0.15, 0.2) is 0 Å². The Morgan fingerprint density at radius 1 is 1.30 bits per heavy atom. The number of hydrogen-bond acceptors (Lipinski definition) is 4. The zero-order chi connectivity index (χ0) is 14.3. The van der Waals surface area contributed by atoms with Gasteiger partial charge >= 0.3 is 0 Å². The molecule has 2 saturated heterocycles. The van der Waals surface area contributed by atoms with Crippen LogP contribution in [-0.2, 0) is 10.0 Å². The lowest BCUT2D eigenvalue weighted by Crippen LogP contribution is -2.32. The largest absolute Gasteiger partial charge is 0.316 e. The van der Waals surface area contributed by atoms with Crippen molar-refractivity contribution in [3.8, 4) is 6.07 Å². The predicted octanol–water partition coefficient (Wildman–Crippen LogP) is 0.707. The van der Waals surface area contributed by atoms with Crippen LogP contribution in [0.5, 0.6) is 0 Å². The molecule has 0 aliphatic carbocycles. The lowest BCUT2D eigenvalue weighted by molar-refractivity contribution is 0.448. The van der Waals surface area contributed by atoms with Crippen molar-refractivity contribution in [1.82, 2.24) is 9.62 Å². The molecule has 0 radical (unpaired) electrons. The van der Waals surface area contributed by atoms with E-state index in [1.54, 1.807) is 23.4 Å². The van der Waals surface area contributed by atoms with E-state index >= 15 is 0 Å². The summed E-state index contributed by atoms with van der Waals surface area (Å²) < 4.78 is 27.0. The maximum atomic E-state index is 12.8. The molecule has 2 atom stereocenters. The summed E-state index contributed by atoms with van der Waals surface area (Å²) in [5.74, 6) is 0.806. The summed E-state index contributed by atoms with van der Waals surface area (Å²) in [6.45, 7) is 4.64. The first-order chi connectivity index (χ1) is 9.54. The molecule has 106 valence electrons. The summed E-state index contributed by atoms with van der Waals surface area (Å²) >= 11 is 0. The second-order valence-corrected chi connectivity index (χ2v) is 7.47. The maximum absolute atomic E-state index is 12.8. The van der Waals surface area contributed by atoms with Crippen molar-refractivity contribution in [2.75, 3.05) is 26.2 Å². The third-order valence-corrected chi connectivity index (χ3v) is 6.19. The van der Waals surface area contributed by atoms with E-state index in [1.807, 2.05) is 6.07 Å². The van der Waals surface area contributed by atoms with Crippen LogP contribution in [0.3, 0.4) is 0 Å². The minimum atomic E-state index is -3.56. The molecule has 0 spiro atoms. The van der Waals surface area contributed by atoms with E-state index in [0.29, 0.717) is 30.5 Å².